The first-order valence-corrected chi connectivity index (χ1v) is 4.61. The molecule has 2 rings (SSSR count). The van der Waals surface area contributed by atoms with Gasteiger partial charge in [0.2, 0.25) is 5.78 Å². The predicted molar refractivity (Wildman–Crippen MR) is 56.3 cm³/mol. The fourth-order valence-electron chi connectivity index (χ4n) is 1.23. The minimum atomic E-state index is -0.200. The predicted octanol–water partition coefficient (Wildman–Crippen LogP) is 1.11. The normalized spacial score (nSPS) is 9.81. The summed E-state index contributed by atoms with van der Waals surface area (Å²) in [6, 6.07) is 3.18. The van der Waals surface area contributed by atoms with Crippen LogP contribution in [0.15, 0.2) is 37.1 Å². The van der Waals surface area contributed by atoms with E-state index in [0.717, 1.165) is 0 Å². The number of ketones is 1. The maximum absolute atomic E-state index is 11.9. The van der Waals surface area contributed by atoms with Gasteiger partial charge in [-0.3, -0.25) is 9.78 Å². The number of pyridine rings is 1. The fraction of sp³-hybridized carbons (Fsp3) is 0.0909. The third kappa shape index (κ3) is 2.03. The summed E-state index contributed by atoms with van der Waals surface area (Å²) in [5.41, 5.74) is 0.781. The second kappa shape index (κ2) is 4.48. The Morgan fingerprint density at radius 3 is 2.88 bits per heavy atom. The minimum Gasteiger partial charge on any atom is -0.495 e. The largest absolute Gasteiger partial charge is 0.495 e. The summed E-state index contributed by atoms with van der Waals surface area (Å²) in [7, 11) is 1.52. The van der Waals surface area contributed by atoms with E-state index in [4.69, 9.17) is 4.74 Å². The van der Waals surface area contributed by atoms with Crippen molar-refractivity contribution >= 4 is 5.78 Å². The molecule has 0 amide bonds. The summed E-state index contributed by atoms with van der Waals surface area (Å²) >= 11 is 0. The number of hydrogen-bond donors (Lipinski definition) is 0. The Morgan fingerprint density at radius 2 is 2.19 bits per heavy atom. The van der Waals surface area contributed by atoms with Crippen molar-refractivity contribution < 1.29 is 9.53 Å². The van der Waals surface area contributed by atoms with E-state index in [0.29, 0.717) is 17.0 Å². The van der Waals surface area contributed by atoms with Gasteiger partial charge < -0.3 is 4.74 Å². The van der Waals surface area contributed by atoms with Gasteiger partial charge in [0.1, 0.15) is 17.8 Å². The molecule has 0 aliphatic heterocycles. The molecule has 0 atom stereocenters. The van der Waals surface area contributed by atoms with Crippen molar-refractivity contribution in [3.8, 4) is 5.75 Å². The molecule has 0 aliphatic rings. The second-order valence-electron chi connectivity index (χ2n) is 3.04. The monoisotopic (exact) mass is 215 g/mol. The van der Waals surface area contributed by atoms with E-state index in [9.17, 15) is 4.79 Å². The Balaban J connectivity index is 2.34. The van der Waals surface area contributed by atoms with Gasteiger partial charge in [-0.2, -0.15) is 0 Å². The number of hydrogen-bond acceptors (Lipinski definition) is 5. The molecule has 5 nitrogen and oxygen atoms in total. The number of rotatable bonds is 3. The molecule has 0 fully saturated rings. The molecular formula is C11H9N3O2. The lowest BCUT2D eigenvalue weighted by atomic mass is 10.1. The van der Waals surface area contributed by atoms with E-state index >= 15 is 0 Å². The molecule has 2 aromatic rings. The molecule has 5 heteroatoms. The molecule has 0 bridgehead atoms. The van der Waals surface area contributed by atoms with Crippen LogP contribution >= 0.6 is 0 Å². The SMILES string of the molecule is COc1cncc(C(=O)c2ccncn2)c1. The Hall–Kier alpha value is -2.30. The third-order valence-electron chi connectivity index (χ3n) is 2.03. The first kappa shape index (κ1) is 10.2. The lowest BCUT2D eigenvalue weighted by Gasteiger charge is -2.02. The maximum Gasteiger partial charge on any atom is 0.213 e. The summed E-state index contributed by atoms with van der Waals surface area (Å²) in [6.45, 7) is 0. The van der Waals surface area contributed by atoms with Crippen molar-refractivity contribution in [1.29, 1.82) is 0 Å². The molecule has 0 aliphatic carbocycles. The molecule has 0 spiro atoms. The lowest BCUT2D eigenvalue weighted by Crippen LogP contribution is -2.04. The highest BCUT2D eigenvalue weighted by Gasteiger charge is 2.11. The zero-order chi connectivity index (χ0) is 11.4. The van der Waals surface area contributed by atoms with Crippen molar-refractivity contribution in [3.63, 3.8) is 0 Å². The molecule has 0 N–H and O–H groups in total. The summed E-state index contributed by atoms with van der Waals surface area (Å²) in [6.07, 6.45) is 5.87. The average Bonchev–Trinajstić information content (AvgIpc) is 2.39. The van der Waals surface area contributed by atoms with Gasteiger partial charge in [0.15, 0.2) is 0 Å². The van der Waals surface area contributed by atoms with Crippen molar-refractivity contribution in [3.05, 3.63) is 48.3 Å². The number of carbonyl (C=O) groups is 1. The lowest BCUT2D eigenvalue weighted by molar-refractivity contribution is 0.103. The first-order chi connectivity index (χ1) is 7.81. The number of aromatic nitrogens is 3. The highest BCUT2D eigenvalue weighted by atomic mass is 16.5. The van der Waals surface area contributed by atoms with E-state index < -0.39 is 0 Å². The molecule has 0 radical (unpaired) electrons. The van der Waals surface area contributed by atoms with Gasteiger partial charge in [0, 0.05) is 18.0 Å². The van der Waals surface area contributed by atoms with Crippen LogP contribution in [0.1, 0.15) is 16.1 Å². The molecule has 0 saturated carbocycles. The smallest absolute Gasteiger partial charge is 0.213 e. The number of carbonyl (C=O) groups excluding carboxylic acids is 1. The van der Waals surface area contributed by atoms with Gasteiger partial charge in [-0.25, -0.2) is 9.97 Å². The van der Waals surface area contributed by atoms with Crippen LogP contribution in [0.3, 0.4) is 0 Å². The summed E-state index contributed by atoms with van der Waals surface area (Å²) < 4.78 is 4.99. The molecule has 16 heavy (non-hydrogen) atoms. The van der Waals surface area contributed by atoms with Gasteiger partial charge in [-0.15, -0.1) is 0 Å². The maximum atomic E-state index is 11.9. The van der Waals surface area contributed by atoms with Crippen LogP contribution in [-0.4, -0.2) is 27.8 Å². The van der Waals surface area contributed by atoms with E-state index in [-0.39, 0.29) is 5.78 Å². The number of methoxy groups -OCH3 is 1. The molecule has 2 heterocycles. The molecule has 0 unspecified atom stereocenters. The average molecular weight is 215 g/mol. The molecule has 0 aromatic carbocycles. The molecule has 2 aromatic heterocycles. The van der Waals surface area contributed by atoms with Crippen LogP contribution in [0.4, 0.5) is 0 Å². The Morgan fingerprint density at radius 1 is 1.31 bits per heavy atom. The van der Waals surface area contributed by atoms with Crippen molar-refractivity contribution in [2.45, 2.75) is 0 Å². The van der Waals surface area contributed by atoms with E-state index in [1.165, 1.54) is 32.0 Å². The zero-order valence-electron chi connectivity index (χ0n) is 8.62. The number of ether oxygens (including phenoxy) is 1. The Labute approximate surface area is 92.2 Å². The zero-order valence-corrected chi connectivity index (χ0v) is 8.62. The Bertz CT molecular complexity index is 500. The van der Waals surface area contributed by atoms with Crippen LogP contribution in [0.2, 0.25) is 0 Å². The standard InChI is InChI=1S/C11H9N3O2/c1-16-9-4-8(5-13-6-9)11(15)10-2-3-12-7-14-10/h2-7H,1H3. The van der Waals surface area contributed by atoms with E-state index in [1.807, 2.05) is 0 Å². The number of nitrogens with zero attached hydrogens (tertiary/aromatic N) is 3. The molecule has 0 saturated heterocycles. The summed E-state index contributed by atoms with van der Waals surface area (Å²) in [5.74, 6) is 0.341. The summed E-state index contributed by atoms with van der Waals surface area (Å²) in [4.78, 5) is 23.5. The van der Waals surface area contributed by atoms with Gasteiger partial charge >= 0.3 is 0 Å². The highest BCUT2D eigenvalue weighted by Crippen LogP contribution is 2.13. The van der Waals surface area contributed by atoms with Gasteiger partial charge in [-0.05, 0) is 12.1 Å². The van der Waals surface area contributed by atoms with Crippen LogP contribution in [-0.2, 0) is 0 Å². The van der Waals surface area contributed by atoms with Crippen LogP contribution in [0.25, 0.3) is 0 Å². The van der Waals surface area contributed by atoms with Gasteiger partial charge in [0.25, 0.3) is 0 Å². The van der Waals surface area contributed by atoms with Crippen LogP contribution < -0.4 is 4.74 Å². The van der Waals surface area contributed by atoms with Gasteiger partial charge in [-0.1, -0.05) is 0 Å². The quantitative estimate of drug-likeness (QED) is 0.717. The topological polar surface area (TPSA) is 65.0 Å². The van der Waals surface area contributed by atoms with Crippen LogP contribution in [0, 0.1) is 0 Å². The molecular weight excluding hydrogens is 206 g/mol. The minimum absolute atomic E-state index is 0.200. The van der Waals surface area contributed by atoms with E-state index in [1.54, 1.807) is 12.1 Å². The van der Waals surface area contributed by atoms with Gasteiger partial charge in [0.05, 0.1) is 13.3 Å². The van der Waals surface area contributed by atoms with Crippen molar-refractivity contribution in [2.75, 3.05) is 7.11 Å². The fourth-order valence-corrected chi connectivity index (χ4v) is 1.23. The first-order valence-electron chi connectivity index (χ1n) is 4.61. The third-order valence-corrected chi connectivity index (χ3v) is 2.03. The second-order valence-corrected chi connectivity index (χ2v) is 3.04. The highest BCUT2D eigenvalue weighted by molar-refractivity contribution is 6.07. The Kier molecular flexibility index (Phi) is 2.86. The van der Waals surface area contributed by atoms with Crippen molar-refractivity contribution in [1.82, 2.24) is 15.0 Å². The van der Waals surface area contributed by atoms with Crippen molar-refractivity contribution in [2.24, 2.45) is 0 Å². The summed E-state index contributed by atoms with van der Waals surface area (Å²) in [5, 5.41) is 0. The van der Waals surface area contributed by atoms with E-state index in [2.05, 4.69) is 15.0 Å². The molecule has 80 valence electrons. The van der Waals surface area contributed by atoms with Crippen LogP contribution in [0.5, 0.6) is 5.75 Å².